The van der Waals surface area contributed by atoms with Crippen LogP contribution in [0.25, 0.3) is 0 Å². The van der Waals surface area contributed by atoms with Crippen molar-refractivity contribution in [1.82, 2.24) is 4.98 Å². The maximum Gasteiger partial charge on any atom is 0.307 e. The Hall–Kier alpha value is -1.58. The number of aliphatic carboxylic acids is 1. The lowest BCUT2D eigenvalue weighted by molar-refractivity contribution is -0.143. The predicted octanol–water partition coefficient (Wildman–Crippen LogP) is 3.36. The molecule has 4 heteroatoms. The first-order chi connectivity index (χ1) is 9.52. The molecule has 1 aromatic heterocycles. The second-order valence-electron chi connectivity index (χ2n) is 6.01. The minimum Gasteiger partial charge on any atom is -0.481 e. The number of carboxylic acids is 1. The molecule has 110 valence electrons. The van der Waals surface area contributed by atoms with Crippen molar-refractivity contribution in [3.05, 3.63) is 23.4 Å². The van der Waals surface area contributed by atoms with Gasteiger partial charge in [-0.2, -0.15) is 0 Å². The number of aromatic nitrogens is 1. The van der Waals surface area contributed by atoms with Crippen LogP contribution in [-0.2, 0) is 4.79 Å². The van der Waals surface area contributed by atoms with E-state index in [9.17, 15) is 9.90 Å². The number of carbonyl (C=O) groups is 1. The maximum atomic E-state index is 11.5. The van der Waals surface area contributed by atoms with E-state index in [1.807, 2.05) is 13.0 Å². The van der Waals surface area contributed by atoms with Crippen molar-refractivity contribution in [2.75, 3.05) is 5.73 Å². The fraction of sp³-hybridized carbons (Fsp3) is 0.625. The molecule has 0 radical (unpaired) electrons. The predicted molar refractivity (Wildman–Crippen MR) is 79.5 cm³/mol. The molecule has 0 aliphatic heterocycles. The molecule has 2 rings (SSSR count). The minimum atomic E-state index is -0.703. The van der Waals surface area contributed by atoms with Crippen LogP contribution in [-0.4, -0.2) is 16.1 Å². The van der Waals surface area contributed by atoms with Gasteiger partial charge in [-0.3, -0.25) is 4.79 Å². The fourth-order valence-electron chi connectivity index (χ4n) is 3.47. The van der Waals surface area contributed by atoms with Crippen molar-refractivity contribution in [3.63, 3.8) is 0 Å². The molecular formula is C16H24N2O2. The van der Waals surface area contributed by atoms with Gasteiger partial charge in [0.15, 0.2) is 0 Å². The first-order valence-corrected chi connectivity index (χ1v) is 7.47. The number of hydrogen-bond acceptors (Lipinski definition) is 3. The zero-order valence-electron chi connectivity index (χ0n) is 12.3. The largest absolute Gasteiger partial charge is 0.481 e. The average Bonchev–Trinajstić information content (AvgIpc) is 2.41. The summed E-state index contributed by atoms with van der Waals surface area (Å²) in [6.07, 6.45) is 6.73. The van der Waals surface area contributed by atoms with Crippen molar-refractivity contribution in [1.29, 1.82) is 0 Å². The summed E-state index contributed by atoms with van der Waals surface area (Å²) in [6, 6.07) is 2.01. The number of hydrogen-bond donors (Lipinski definition) is 2. The molecule has 1 heterocycles. The molecular weight excluding hydrogens is 252 g/mol. The third-order valence-electron chi connectivity index (χ3n) is 4.46. The van der Waals surface area contributed by atoms with Crippen LogP contribution >= 0.6 is 0 Å². The summed E-state index contributed by atoms with van der Waals surface area (Å²) in [5, 5.41) is 9.49. The molecule has 0 amide bonds. The Balaban J connectivity index is 2.31. The monoisotopic (exact) mass is 276 g/mol. The maximum absolute atomic E-state index is 11.5. The van der Waals surface area contributed by atoms with Gasteiger partial charge >= 0.3 is 5.97 Å². The molecule has 1 saturated carbocycles. The van der Waals surface area contributed by atoms with Gasteiger partial charge in [0.25, 0.3) is 0 Å². The highest BCUT2D eigenvalue weighted by molar-refractivity contribution is 5.72. The Labute approximate surface area is 120 Å². The SMILES string of the molecule is CCCC1CCC(C(=O)O)C(c2cc(C)cnc2N)C1. The highest BCUT2D eigenvalue weighted by atomic mass is 16.4. The summed E-state index contributed by atoms with van der Waals surface area (Å²) < 4.78 is 0. The number of nitrogen functional groups attached to an aromatic ring is 1. The number of carboxylic acid groups (broad SMARTS) is 1. The van der Waals surface area contributed by atoms with Crippen LogP contribution in [0.4, 0.5) is 5.82 Å². The van der Waals surface area contributed by atoms with Gasteiger partial charge in [-0.25, -0.2) is 4.98 Å². The molecule has 20 heavy (non-hydrogen) atoms. The van der Waals surface area contributed by atoms with Gasteiger partial charge in [0.1, 0.15) is 5.82 Å². The van der Waals surface area contributed by atoms with Gasteiger partial charge in [-0.05, 0) is 43.2 Å². The van der Waals surface area contributed by atoms with Gasteiger partial charge < -0.3 is 10.8 Å². The quantitative estimate of drug-likeness (QED) is 0.884. The second kappa shape index (κ2) is 6.25. The summed E-state index contributed by atoms with van der Waals surface area (Å²) in [5.41, 5.74) is 7.96. The Bertz CT molecular complexity index is 487. The molecule has 1 aliphatic rings. The van der Waals surface area contributed by atoms with E-state index in [2.05, 4.69) is 11.9 Å². The normalized spacial score (nSPS) is 26.4. The van der Waals surface area contributed by atoms with E-state index in [4.69, 9.17) is 5.73 Å². The number of nitrogens with two attached hydrogens (primary N) is 1. The Morgan fingerprint density at radius 2 is 2.25 bits per heavy atom. The number of pyridine rings is 1. The third kappa shape index (κ3) is 3.11. The van der Waals surface area contributed by atoms with Gasteiger partial charge in [-0.15, -0.1) is 0 Å². The van der Waals surface area contributed by atoms with E-state index in [0.717, 1.165) is 36.8 Å². The van der Waals surface area contributed by atoms with Gasteiger partial charge in [0, 0.05) is 12.1 Å². The highest BCUT2D eigenvalue weighted by Crippen LogP contribution is 2.43. The minimum absolute atomic E-state index is 0.00481. The molecule has 3 atom stereocenters. The third-order valence-corrected chi connectivity index (χ3v) is 4.46. The lowest BCUT2D eigenvalue weighted by Gasteiger charge is -2.34. The zero-order valence-corrected chi connectivity index (χ0v) is 12.3. The highest BCUT2D eigenvalue weighted by Gasteiger charge is 2.36. The lowest BCUT2D eigenvalue weighted by Crippen LogP contribution is -2.30. The van der Waals surface area contributed by atoms with E-state index in [-0.39, 0.29) is 11.8 Å². The van der Waals surface area contributed by atoms with Crippen LogP contribution in [0.3, 0.4) is 0 Å². The Kier molecular flexibility index (Phi) is 4.63. The first-order valence-electron chi connectivity index (χ1n) is 7.47. The van der Waals surface area contributed by atoms with Crippen molar-refractivity contribution in [2.24, 2.45) is 11.8 Å². The van der Waals surface area contributed by atoms with E-state index < -0.39 is 5.97 Å². The van der Waals surface area contributed by atoms with Gasteiger partial charge in [-0.1, -0.05) is 25.8 Å². The molecule has 4 nitrogen and oxygen atoms in total. The van der Waals surface area contributed by atoms with E-state index >= 15 is 0 Å². The van der Waals surface area contributed by atoms with Gasteiger partial charge in [0.2, 0.25) is 0 Å². The van der Waals surface area contributed by atoms with Crippen LogP contribution in [0, 0.1) is 18.8 Å². The first kappa shape index (κ1) is 14.8. The molecule has 1 fully saturated rings. The van der Waals surface area contributed by atoms with Crippen LogP contribution in [0.1, 0.15) is 56.1 Å². The molecule has 0 aromatic carbocycles. The van der Waals surface area contributed by atoms with Crippen LogP contribution in [0.15, 0.2) is 12.3 Å². The molecule has 3 N–H and O–H groups in total. The van der Waals surface area contributed by atoms with E-state index in [0.29, 0.717) is 11.7 Å². The topological polar surface area (TPSA) is 76.2 Å². The molecule has 1 aromatic rings. The molecule has 0 spiro atoms. The lowest BCUT2D eigenvalue weighted by atomic mass is 9.70. The van der Waals surface area contributed by atoms with Crippen molar-refractivity contribution in [2.45, 2.75) is 51.9 Å². The number of aryl methyl sites for hydroxylation is 1. The molecule has 0 bridgehead atoms. The summed E-state index contributed by atoms with van der Waals surface area (Å²) in [5.74, 6) is 0.0783. The van der Waals surface area contributed by atoms with Crippen molar-refractivity contribution < 1.29 is 9.90 Å². The summed E-state index contributed by atoms with van der Waals surface area (Å²) in [4.78, 5) is 15.7. The summed E-state index contributed by atoms with van der Waals surface area (Å²) in [7, 11) is 0. The number of rotatable bonds is 4. The van der Waals surface area contributed by atoms with Gasteiger partial charge in [0.05, 0.1) is 5.92 Å². The second-order valence-corrected chi connectivity index (χ2v) is 6.01. The molecule has 0 saturated heterocycles. The smallest absolute Gasteiger partial charge is 0.307 e. The molecule has 3 unspecified atom stereocenters. The standard InChI is InChI=1S/C16H24N2O2/c1-3-4-11-5-6-12(16(19)20)13(8-11)14-7-10(2)9-18-15(14)17/h7,9,11-13H,3-6,8H2,1-2H3,(H2,17,18)(H,19,20). The molecule has 1 aliphatic carbocycles. The number of nitrogens with zero attached hydrogens (tertiary/aromatic N) is 1. The average molecular weight is 276 g/mol. The van der Waals surface area contributed by atoms with Crippen LogP contribution < -0.4 is 5.73 Å². The van der Waals surface area contributed by atoms with Crippen molar-refractivity contribution >= 4 is 11.8 Å². The van der Waals surface area contributed by atoms with Crippen LogP contribution in [0.5, 0.6) is 0 Å². The van der Waals surface area contributed by atoms with E-state index in [1.165, 1.54) is 6.42 Å². The van der Waals surface area contributed by atoms with Crippen LogP contribution in [0.2, 0.25) is 0 Å². The Morgan fingerprint density at radius 3 is 2.90 bits per heavy atom. The Morgan fingerprint density at radius 1 is 1.50 bits per heavy atom. The fourth-order valence-corrected chi connectivity index (χ4v) is 3.47. The zero-order chi connectivity index (χ0) is 14.7. The number of anilines is 1. The van der Waals surface area contributed by atoms with Crippen molar-refractivity contribution in [3.8, 4) is 0 Å². The van der Waals surface area contributed by atoms with E-state index in [1.54, 1.807) is 6.20 Å². The summed E-state index contributed by atoms with van der Waals surface area (Å²) in [6.45, 7) is 4.15. The summed E-state index contributed by atoms with van der Waals surface area (Å²) >= 11 is 0.